The van der Waals surface area contributed by atoms with Gasteiger partial charge in [-0.15, -0.1) is 5.10 Å². The highest BCUT2D eigenvalue weighted by atomic mass is 35.5. The molecule has 2 aromatic heterocycles. The van der Waals surface area contributed by atoms with Crippen LogP contribution < -0.4 is 16.0 Å². The van der Waals surface area contributed by atoms with E-state index in [4.69, 9.17) is 37.9 Å². The predicted octanol–water partition coefficient (Wildman–Crippen LogP) is 5.67. The second kappa shape index (κ2) is 9.44. The van der Waals surface area contributed by atoms with E-state index in [0.29, 0.717) is 27.9 Å². The van der Waals surface area contributed by atoms with Gasteiger partial charge in [0.15, 0.2) is 5.75 Å². The number of ether oxygens (including phenoxy) is 2. The molecule has 2 aromatic carbocycles. The van der Waals surface area contributed by atoms with Gasteiger partial charge in [0.1, 0.15) is 17.9 Å². The van der Waals surface area contributed by atoms with Crippen LogP contribution in [-0.4, -0.2) is 32.5 Å². The molecule has 0 spiro atoms. The Morgan fingerprint density at radius 1 is 1.21 bits per heavy atom. The summed E-state index contributed by atoms with van der Waals surface area (Å²) in [7, 11) is 0. The number of halogens is 5. The van der Waals surface area contributed by atoms with Crippen LogP contribution in [0.5, 0.6) is 11.5 Å². The minimum atomic E-state index is -4.40. The van der Waals surface area contributed by atoms with Gasteiger partial charge in [-0.2, -0.15) is 23.1 Å². The minimum absolute atomic E-state index is 0.00827. The molecule has 0 saturated carbocycles. The Labute approximate surface area is 227 Å². The number of nitriles is 1. The van der Waals surface area contributed by atoms with Gasteiger partial charge in [-0.1, -0.05) is 37.0 Å². The fourth-order valence-electron chi connectivity index (χ4n) is 4.59. The molecule has 0 fully saturated rings. The number of benzene rings is 2. The van der Waals surface area contributed by atoms with Gasteiger partial charge in [-0.25, -0.2) is 4.79 Å². The molecular weight excluding hydrogens is 562 g/mol. The number of H-pyrrole nitrogens is 2. The summed E-state index contributed by atoms with van der Waals surface area (Å²) in [6.45, 7) is 3.87. The van der Waals surface area contributed by atoms with E-state index < -0.39 is 41.1 Å². The number of aromatic nitrogens is 4. The van der Waals surface area contributed by atoms with Crippen LogP contribution in [0, 0.1) is 11.3 Å². The number of nitrogens with one attached hydrogen (secondary N) is 2. The van der Waals surface area contributed by atoms with Crippen LogP contribution in [0.2, 0.25) is 10.0 Å². The summed E-state index contributed by atoms with van der Waals surface area (Å²) in [4.78, 5) is 28.9. The van der Waals surface area contributed by atoms with Crippen molar-refractivity contribution in [2.24, 2.45) is 0 Å². The van der Waals surface area contributed by atoms with E-state index in [1.54, 1.807) is 24.3 Å². The molecule has 0 bridgehead atoms. The molecule has 0 saturated heterocycles. The molecule has 5 rings (SSSR count). The van der Waals surface area contributed by atoms with E-state index in [9.17, 15) is 22.8 Å². The van der Waals surface area contributed by atoms with Crippen LogP contribution in [-0.2, 0) is 10.2 Å². The van der Waals surface area contributed by atoms with Gasteiger partial charge in [-0.3, -0.25) is 9.78 Å². The van der Waals surface area contributed by atoms with Gasteiger partial charge in [0.2, 0.25) is 5.69 Å². The van der Waals surface area contributed by atoms with Crippen molar-refractivity contribution in [3.05, 3.63) is 78.2 Å². The smallest absolute Gasteiger partial charge is 0.391 e. The number of nitrogens with zero attached hydrogens (tertiary/aromatic N) is 3. The molecule has 1 aliphatic rings. The molecule has 1 unspecified atom stereocenters. The predicted molar refractivity (Wildman–Crippen MR) is 136 cm³/mol. The third-order valence-electron chi connectivity index (χ3n) is 6.24. The van der Waals surface area contributed by atoms with Crippen molar-refractivity contribution in [2.45, 2.75) is 38.0 Å². The first-order chi connectivity index (χ1) is 18.3. The molecule has 0 amide bonds. The Bertz CT molecular complexity index is 1760. The molecule has 0 radical (unpaired) electrons. The van der Waals surface area contributed by atoms with Crippen LogP contribution >= 0.6 is 23.2 Å². The Kier molecular flexibility index (Phi) is 6.49. The van der Waals surface area contributed by atoms with Gasteiger partial charge >= 0.3 is 11.9 Å². The van der Waals surface area contributed by atoms with Crippen molar-refractivity contribution in [1.29, 1.82) is 5.26 Å². The Hall–Kier alpha value is -3.79. The van der Waals surface area contributed by atoms with Crippen molar-refractivity contribution < 1.29 is 22.6 Å². The fourth-order valence-corrected chi connectivity index (χ4v) is 5.15. The third kappa shape index (κ3) is 5.01. The average molecular weight is 580 g/mol. The van der Waals surface area contributed by atoms with Crippen molar-refractivity contribution in [2.75, 3.05) is 6.61 Å². The zero-order valence-corrected chi connectivity index (χ0v) is 21.8. The Balaban J connectivity index is 1.54. The molecule has 4 aromatic rings. The number of aromatic amines is 2. The normalized spacial score (nSPS) is 16.6. The lowest BCUT2D eigenvalue weighted by atomic mass is 9.80. The summed E-state index contributed by atoms with van der Waals surface area (Å²) in [5, 5.41) is 13.4. The van der Waals surface area contributed by atoms with E-state index in [1.165, 1.54) is 12.1 Å². The van der Waals surface area contributed by atoms with Gasteiger partial charge < -0.3 is 14.5 Å². The van der Waals surface area contributed by atoms with Crippen molar-refractivity contribution in [3.63, 3.8) is 0 Å². The SMILES string of the molecule is CC1(C)COC(CC(F)(F)F)c2[nH]c3ccc(Oc4c(Cl)cc(-n5nc(C#N)c(=O)[nH]c5=O)cc4Cl)cc3c21. The molecule has 9 nitrogen and oxygen atoms in total. The summed E-state index contributed by atoms with van der Waals surface area (Å²) in [5.74, 6) is 0.350. The highest BCUT2D eigenvalue weighted by Gasteiger charge is 2.42. The van der Waals surface area contributed by atoms with Gasteiger partial charge in [0.25, 0.3) is 5.56 Å². The maximum atomic E-state index is 13.2. The topological polar surface area (TPSA) is 126 Å². The molecule has 202 valence electrons. The first-order valence-electron chi connectivity index (χ1n) is 11.4. The van der Waals surface area contributed by atoms with Crippen molar-refractivity contribution >= 4 is 34.1 Å². The second-order valence-electron chi connectivity index (χ2n) is 9.60. The van der Waals surface area contributed by atoms with E-state index >= 15 is 0 Å². The van der Waals surface area contributed by atoms with Crippen LogP contribution in [0.25, 0.3) is 16.6 Å². The number of hydrogen-bond acceptors (Lipinski definition) is 6. The summed E-state index contributed by atoms with van der Waals surface area (Å²) in [6.07, 6.45) is -6.68. The highest BCUT2D eigenvalue weighted by Crippen LogP contribution is 2.46. The summed E-state index contributed by atoms with van der Waals surface area (Å²) >= 11 is 12.8. The largest absolute Gasteiger partial charge is 0.454 e. The van der Waals surface area contributed by atoms with Crippen LogP contribution in [0.1, 0.15) is 43.3 Å². The summed E-state index contributed by atoms with van der Waals surface area (Å²) in [6, 6.07) is 9.17. The molecule has 14 heteroatoms. The second-order valence-corrected chi connectivity index (χ2v) is 10.4. The standard InChI is InChI=1S/C25H18Cl2F3N5O4/c1-24(2)10-38-18(8-25(28,29)30)20-19(24)13-7-12(3-4-16(13)32-20)39-21-14(26)5-11(6-15(21)27)35-23(37)33-22(36)17(9-31)34-35/h3-7,18,32H,8,10H2,1-2H3,(H,33,36,37). The van der Waals surface area contributed by atoms with E-state index in [0.717, 1.165) is 4.68 Å². The lowest BCUT2D eigenvalue weighted by molar-refractivity contribution is -0.167. The molecule has 3 heterocycles. The lowest BCUT2D eigenvalue weighted by Crippen LogP contribution is -2.33. The fraction of sp³-hybridized carbons (Fsp3) is 0.280. The maximum absolute atomic E-state index is 13.2. The van der Waals surface area contributed by atoms with Crippen molar-refractivity contribution in [3.8, 4) is 23.3 Å². The number of rotatable bonds is 4. The summed E-state index contributed by atoms with van der Waals surface area (Å²) in [5.41, 5.74) is -1.19. The van der Waals surface area contributed by atoms with Crippen LogP contribution in [0.15, 0.2) is 39.9 Å². The van der Waals surface area contributed by atoms with Crippen LogP contribution in [0.3, 0.4) is 0 Å². The Morgan fingerprint density at radius 3 is 2.54 bits per heavy atom. The quantitative estimate of drug-likeness (QED) is 0.320. The molecular formula is C25H18Cl2F3N5O4. The maximum Gasteiger partial charge on any atom is 0.391 e. The lowest BCUT2D eigenvalue weighted by Gasteiger charge is -2.35. The zero-order chi connectivity index (χ0) is 28.3. The van der Waals surface area contributed by atoms with Gasteiger partial charge in [-0.05, 0) is 35.9 Å². The first kappa shape index (κ1) is 26.8. The molecule has 1 aliphatic heterocycles. The molecule has 0 aliphatic carbocycles. The molecule has 39 heavy (non-hydrogen) atoms. The zero-order valence-electron chi connectivity index (χ0n) is 20.2. The molecule has 2 N–H and O–H groups in total. The number of alkyl halides is 3. The van der Waals surface area contributed by atoms with E-state index in [-0.39, 0.29) is 28.1 Å². The van der Waals surface area contributed by atoms with E-state index in [2.05, 4.69) is 10.1 Å². The minimum Gasteiger partial charge on any atom is -0.454 e. The van der Waals surface area contributed by atoms with Gasteiger partial charge in [0.05, 0.1) is 28.8 Å². The van der Waals surface area contributed by atoms with Crippen molar-refractivity contribution in [1.82, 2.24) is 19.7 Å². The third-order valence-corrected chi connectivity index (χ3v) is 6.80. The average Bonchev–Trinajstić information content (AvgIpc) is 3.23. The molecule has 1 atom stereocenters. The Morgan fingerprint density at radius 2 is 1.90 bits per heavy atom. The first-order valence-corrected chi connectivity index (χ1v) is 12.2. The monoisotopic (exact) mass is 579 g/mol. The summed E-state index contributed by atoms with van der Waals surface area (Å²) < 4.78 is 51.9. The number of hydrogen-bond donors (Lipinski definition) is 2. The van der Waals surface area contributed by atoms with Crippen LogP contribution in [0.4, 0.5) is 13.2 Å². The van der Waals surface area contributed by atoms with Gasteiger partial charge in [0, 0.05) is 22.0 Å². The number of fused-ring (bicyclic) bond motifs is 3. The van der Waals surface area contributed by atoms with E-state index in [1.807, 2.05) is 18.8 Å². The highest BCUT2D eigenvalue weighted by molar-refractivity contribution is 6.37.